The molecule has 3 nitrogen and oxygen atoms in total. The minimum absolute atomic E-state index is 0.210. The van der Waals surface area contributed by atoms with Crippen molar-refractivity contribution in [3.05, 3.63) is 36.3 Å². The lowest BCUT2D eigenvalue weighted by atomic mass is 10.2. The maximum Gasteiger partial charge on any atom is 0.142 e. The molecule has 0 aliphatic rings. The van der Waals surface area contributed by atoms with E-state index in [-0.39, 0.29) is 12.6 Å². The first kappa shape index (κ1) is 12.6. The van der Waals surface area contributed by atoms with Gasteiger partial charge in [-0.3, -0.25) is 0 Å². The molecule has 0 radical (unpaired) electrons. The van der Waals surface area contributed by atoms with Crippen LogP contribution >= 0.6 is 0 Å². The average molecular weight is 224 g/mol. The molecule has 0 saturated heterocycles. The molecule has 16 heavy (non-hydrogen) atoms. The fourth-order valence-electron chi connectivity index (χ4n) is 1.53. The third-order valence-electron chi connectivity index (χ3n) is 2.30. The van der Waals surface area contributed by atoms with E-state index in [1.165, 1.54) is 6.07 Å². The van der Waals surface area contributed by atoms with Crippen LogP contribution < -0.4 is 4.90 Å². The fourth-order valence-corrected chi connectivity index (χ4v) is 1.53. The standard InChI is InChI=1S/C12H17FN2O/c1-4-5-15(9(2)3)12-10(8-16)6-11(13)7-14-12/h4,6-7,9,16H,1,5,8H2,2-3H3. The van der Waals surface area contributed by atoms with Gasteiger partial charge in [0.2, 0.25) is 0 Å². The number of hydrogen-bond donors (Lipinski definition) is 1. The molecule has 4 heteroatoms. The van der Waals surface area contributed by atoms with Crippen molar-refractivity contribution in [1.29, 1.82) is 0 Å². The second kappa shape index (κ2) is 5.61. The number of anilines is 1. The van der Waals surface area contributed by atoms with Crippen LogP contribution in [-0.4, -0.2) is 22.7 Å². The summed E-state index contributed by atoms with van der Waals surface area (Å²) in [6.07, 6.45) is 2.92. The first-order valence-electron chi connectivity index (χ1n) is 5.23. The van der Waals surface area contributed by atoms with E-state index in [2.05, 4.69) is 11.6 Å². The van der Waals surface area contributed by atoms with Crippen LogP contribution in [0.4, 0.5) is 10.2 Å². The lowest BCUT2D eigenvalue weighted by Gasteiger charge is -2.28. The highest BCUT2D eigenvalue weighted by atomic mass is 19.1. The first-order chi connectivity index (χ1) is 7.60. The summed E-state index contributed by atoms with van der Waals surface area (Å²) in [5.74, 6) is 0.175. The normalized spacial score (nSPS) is 10.6. The summed E-state index contributed by atoms with van der Waals surface area (Å²) in [6.45, 7) is 8.09. The van der Waals surface area contributed by atoms with Gasteiger partial charge in [0.05, 0.1) is 12.8 Å². The molecule has 0 aromatic carbocycles. The van der Waals surface area contributed by atoms with E-state index in [9.17, 15) is 9.50 Å². The molecule has 0 atom stereocenters. The van der Waals surface area contributed by atoms with E-state index in [1.807, 2.05) is 18.7 Å². The molecule has 0 saturated carbocycles. The Labute approximate surface area is 95.2 Å². The molecule has 88 valence electrons. The summed E-state index contributed by atoms with van der Waals surface area (Å²) in [7, 11) is 0. The van der Waals surface area contributed by atoms with Gasteiger partial charge in [0.25, 0.3) is 0 Å². The van der Waals surface area contributed by atoms with Crippen molar-refractivity contribution in [2.45, 2.75) is 26.5 Å². The van der Waals surface area contributed by atoms with Crippen molar-refractivity contribution in [2.24, 2.45) is 0 Å². The third-order valence-corrected chi connectivity index (χ3v) is 2.30. The molecule has 0 amide bonds. The summed E-state index contributed by atoms with van der Waals surface area (Å²) >= 11 is 0. The van der Waals surface area contributed by atoms with Gasteiger partial charge in [-0.2, -0.15) is 0 Å². The zero-order valence-corrected chi connectivity index (χ0v) is 9.65. The van der Waals surface area contributed by atoms with Gasteiger partial charge in [0, 0.05) is 18.2 Å². The van der Waals surface area contributed by atoms with Crippen molar-refractivity contribution in [3.8, 4) is 0 Å². The fraction of sp³-hybridized carbons (Fsp3) is 0.417. The topological polar surface area (TPSA) is 36.4 Å². The van der Waals surface area contributed by atoms with E-state index in [0.717, 1.165) is 6.20 Å². The molecule has 1 aromatic rings. The Bertz CT molecular complexity index is 366. The van der Waals surface area contributed by atoms with E-state index in [0.29, 0.717) is 17.9 Å². The minimum atomic E-state index is -0.435. The highest BCUT2D eigenvalue weighted by Gasteiger charge is 2.14. The molecule has 0 aliphatic heterocycles. The van der Waals surface area contributed by atoms with Crippen molar-refractivity contribution >= 4 is 5.82 Å². The Balaban J connectivity index is 3.12. The predicted octanol–water partition coefficient (Wildman–Crippen LogP) is 2.11. The van der Waals surface area contributed by atoms with Crippen LogP contribution in [0.1, 0.15) is 19.4 Å². The third kappa shape index (κ3) is 2.79. The van der Waals surface area contributed by atoms with Crippen LogP contribution in [0.15, 0.2) is 24.9 Å². The molecule has 0 spiro atoms. The average Bonchev–Trinajstić information content (AvgIpc) is 2.26. The van der Waals surface area contributed by atoms with Crippen molar-refractivity contribution < 1.29 is 9.50 Å². The summed E-state index contributed by atoms with van der Waals surface area (Å²) in [4.78, 5) is 5.99. The lowest BCUT2D eigenvalue weighted by molar-refractivity contribution is 0.280. The second-order valence-electron chi connectivity index (χ2n) is 3.83. The van der Waals surface area contributed by atoms with Crippen LogP contribution in [0.5, 0.6) is 0 Å². The van der Waals surface area contributed by atoms with Gasteiger partial charge in [-0.15, -0.1) is 6.58 Å². The number of aliphatic hydroxyl groups excluding tert-OH is 1. The lowest BCUT2D eigenvalue weighted by Crippen LogP contribution is -2.32. The summed E-state index contributed by atoms with van der Waals surface area (Å²) < 4.78 is 13.0. The van der Waals surface area contributed by atoms with Gasteiger partial charge in [-0.25, -0.2) is 9.37 Å². The van der Waals surface area contributed by atoms with Crippen LogP contribution in [0.25, 0.3) is 0 Å². The molecular formula is C12H17FN2O. The molecular weight excluding hydrogens is 207 g/mol. The van der Waals surface area contributed by atoms with Crippen molar-refractivity contribution in [1.82, 2.24) is 4.98 Å². The Morgan fingerprint density at radius 3 is 2.81 bits per heavy atom. The largest absolute Gasteiger partial charge is 0.392 e. The highest BCUT2D eigenvalue weighted by molar-refractivity contribution is 5.47. The molecule has 1 rings (SSSR count). The molecule has 1 aromatic heterocycles. The number of hydrogen-bond acceptors (Lipinski definition) is 3. The van der Waals surface area contributed by atoms with Gasteiger partial charge in [0.1, 0.15) is 11.6 Å². The smallest absolute Gasteiger partial charge is 0.142 e. The predicted molar refractivity (Wildman–Crippen MR) is 62.8 cm³/mol. The number of nitrogens with zero attached hydrogens (tertiary/aromatic N) is 2. The number of halogens is 1. The number of aliphatic hydroxyl groups is 1. The van der Waals surface area contributed by atoms with E-state index in [1.54, 1.807) is 6.08 Å². The number of pyridine rings is 1. The van der Waals surface area contributed by atoms with Crippen molar-refractivity contribution in [2.75, 3.05) is 11.4 Å². The maximum absolute atomic E-state index is 13.0. The quantitative estimate of drug-likeness (QED) is 0.778. The van der Waals surface area contributed by atoms with Gasteiger partial charge in [0.15, 0.2) is 0 Å². The molecule has 1 heterocycles. The molecule has 0 fully saturated rings. The van der Waals surface area contributed by atoms with Gasteiger partial charge in [-0.05, 0) is 19.9 Å². The van der Waals surface area contributed by atoms with Crippen LogP contribution in [-0.2, 0) is 6.61 Å². The van der Waals surface area contributed by atoms with Crippen molar-refractivity contribution in [3.63, 3.8) is 0 Å². The summed E-state index contributed by atoms with van der Waals surface area (Å²) in [6, 6.07) is 1.52. The van der Waals surface area contributed by atoms with E-state index >= 15 is 0 Å². The Kier molecular flexibility index (Phi) is 4.43. The second-order valence-corrected chi connectivity index (χ2v) is 3.83. The SMILES string of the molecule is C=CCN(c1ncc(F)cc1CO)C(C)C. The number of aromatic nitrogens is 1. The zero-order chi connectivity index (χ0) is 12.1. The van der Waals surface area contributed by atoms with Crippen LogP contribution in [0.2, 0.25) is 0 Å². The Morgan fingerprint density at radius 2 is 2.31 bits per heavy atom. The zero-order valence-electron chi connectivity index (χ0n) is 9.65. The Hall–Kier alpha value is -1.42. The highest BCUT2D eigenvalue weighted by Crippen LogP contribution is 2.20. The first-order valence-corrected chi connectivity index (χ1v) is 5.23. The van der Waals surface area contributed by atoms with Gasteiger partial charge in [-0.1, -0.05) is 6.08 Å². The van der Waals surface area contributed by atoms with E-state index in [4.69, 9.17) is 0 Å². The van der Waals surface area contributed by atoms with Gasteiger partial charge >= 0.3 is 0 Å². The molecule has 1 N–H and O–H groups in total. The summed E-state index contributed by atoms with van der Waals surface area (Å²) in [5, 5.41) is 9.18. The van der Waals surface area contributed by atoms with Crippen LogP contribution in [0.3, 0.4) is 0 Å². The molecule has 0 unspecified atom stereocenters. The Morgan fingerprint density at radius 1 is 1.62 bits per heavy atom. The van der Waals surface area contributed by atoms with Crippen LogP contribution in [0, 0.1) is 5.82 Å². The minimum Gasteiger partial charge on any atom is -0.392 e. The molecule has 0 aliphatic carbocycles. The monoisotopic (exact) mass is 224 g/mol. The van der Waals surface area contributed by atoms with Gasteiger partial charge < -0.3 is 10.0 Å². The number of rotatable bonds is 5. The molecule has 0 bridgehead atoms. The summed E-state index contributed by atoms with van der Waals surface area (Å²) in [5.41, 5.74) is 0.496. The maximum atomic E-state index is 13.0. The van der Waals surface area contributed by atoms with E-state index < -0.39 is 5.82 Å².